The average Bonchev–Trinajstić information content (AvgIpc) is 3.27. The molecule has 2 aromatic rings. The topological polar surface area (TPSA) is 93.1 Å². The summed E-state index contributed by atoms with van der Waals surface area (Å²) in [5.74, 6) is -2.92. The summed E-state index contributed by atoms with van der Waals surface area (Å²) in [7, 11) is -4.26. The van der Waals surface area contributed by atoms with Gasteiger partial charge in [0, 0.05) is 24.0 Å². The molecule has 4 atom stereocenters. The summed E-state index contributed by atoms with van der Waals surface area (Å²) in [5.41, 5.74) is -0.323. The fraction of sp³-hybridized carbons (Fsp3) is 0.458. The highest BCUT2D eigenvalue weighted by atomic mass is 35.5. The van der Waals surface area contributed by atoms with Gasteiger partial charge >= 0.3 is 6.09 Å². The Balaban J connectivity index is 1.54. The van der Waals surface area contributed by atoms with Crippen molar-refractivity contribution in [3.63, 3.8) is 0 Å². The van der Waals surface area contributed by atoms with E-state index in [2.05, 4.69) is 0 Å². The number of likely N-dealkylation sites (tertiary alicyclic amines) is 1. The molecule has 2 heterocycles. The molecule has 5 rings (SSSR count). The Bertz CT molecular complexity index is 1260. The Morgan fingerprint density at radius 2 is 1.86 bits per heavy atom. The highest BCUT2D eigenvalue weighted by Gasteiger charge is 2.60. The second-order valence-electron chi connectivity index (χ2n) is 9.26. The van der Waals surface area contributed by atoms with E-state index in [-0.39, 0.29) is 42.9 Å². The van der Waals surface area contributed by atoms with Gasteiger partial charge in [0.15, 0.2) is 21.4 Å². The minimum Gasteiger partial charge on any atom is -0.490 e. The van der Waals surface area contributed by atoms with Gasteiger partial charge in [-0.1, -0.05) is 11.6 Å². The maximum atomic E-state index is 15.3. The van der Waals surface area contributed by atoms with Gasteiger partial charge in [-0.2, -0.15) is 0 Å². The number of rotatable bonds is 3. The highest BCUT2D eigenvalue weighted by molar-refractivity contribution is 7.92. The molecular formula is C24H24ClF2NO6S. The smallest absolute Gasteiger partial charge is 0.410 e. The van der Waals surface area contributed by atoms with Gasteiger partial charge in [-0.3, -0.25) is 0 Å². The summed E-state index contributed by atoms with van der Waals surface area (Å²) in [4.78, 5) is 13.9. The van der Waals surface area contributed by atoms with Gasteiger partial charge in [0.2, 0.25) is 0 Å². The van der Waals surface area contributed by atoms with Crippen LogP contribution >= 0.6 is 11.6 Å². The SMILES string of the molecule is O=C(O[C@@H]1CC[C@@]2(S(=O)(=O)c3ccc(Cl)cc3)c3c(F)ccc(F)c3OC[C@H]2C1)N1CC[C@@H](O)C1. The van der Waals surface area contributed by atoms with Crippen molar-refractivity contribution in [2.75, 3.05) is 19.7 Å². The van der Waals surface area contributed by atoms with E-state index < -0.39 is 56.2 Å². The van der Waals surface area contributed by atoms with Crippen LogP contribution in [-0.4, -0.2) is 56.4 Å². The molecule has 3 aliphatic rings. The number of carbonyl (C=O) groups is 1. The molecule has 0 spiro atoms. The highest BCUT2D eigenvalue weighted by Crippen LogP contribution is 2.56. The molecule has 7 nitrogen and oxygen atoms in total. The first-order chi connectivity index (χ1) is 16.6. The lowest BCUT2D eigenvalue weighted by molar-refractivity contribution is 0.00790. The van der Waals surface area contributed by atoms with Crippen LogP contribution in [0.5, 0.6) is 5.75 Å². The van der Waals surface area contributed by atoms with Crippen LogP contribution in [0, 0.1) is 17.6 Å². The van der Waals surface area contributed by atoms with Crippen molar-refractivity contribution >= 4 is 27.5 Å². The second-order valence-corrected chi connectivity index (χ2v) is 11.9. The summed E-state index contributed by atoms with van der Waals surface area (Å²) in [5, 5.41) is 10.0. The van der Waals surface area contributed by atoms with E-state index in [0.29, 0.717) is 18.0 Å². The Morgan fingerprint density at radius 1 is 1.14 bits per heavy atom. The molecule has 2 aromatic carbocycles. The summed E-state index contributed by atoms with van der Waals surface area (Å²) in [6, 6.07) is 7.38. The Hall–Kier alpha value is -2.43. The number of aliphatic hydroxyl groups excluding tert-OH is 1. The van der Waals surface area contributed by atoms with Gasteiger partial charge in [0.05, 0.1) is 23.2 Å². The van der Waals surface area contributed by atoms with Crippen LogP contribution in [-0.2, 0) is 19.3 Å². The molecule has 0 bridgehead atoms. The molecule has 1 amide bonds. The second kappa shape index (κ2) is 8.90. The fourth-order valence-electron chi connectivity index (χ4n) is 5.53. The number of nitrogens with zero attached hydrogens (tertiary/aromatic N) is 1. The maximum Gasteiger partial charge on any atom is 0.410 e. The van der Waals surface area contributed by atoms with Crippen LogP contribution in [0.15, 0.2) is 41.3 Å². The zero-order valence-corrected chi connectivity index (χ0v) is 20.2. The van der Waals surface area contributed by atoms with E-state index in [1.54, 1.807) is 0 Å². The predicted octanol–water partition coefficient (Wildman–Crippen LogP) is 4.05. The number of hydrogen-bond acceptors (Lipinski definition) is 6. The van der Waals surface area contributed by atoms with E-state index in [4.69, 9.17) is 21.1 Å². The Kier molecular flexibility index (Phi) is 6.17. The zero-order chi connectivity index (χ0) is 25.0. The van der Waals surface area contributed by atoms with Crippen molar-refractivity contribution in [2.24, 2.45) is 5.92 Å². The maximum absolute atomic E-state index is 15.3. The molecule has 188 valence electrons. The summed E-state index contributed by atoms with van der Waals surface area (Å²) < 4.78 is 67.6. The van der Waals surface area contributed by atoms with Crippen LogP contribution in [0.1, 0.15) is 31.2 Å². The molecule has 1 N–H and O–H groups in total. The normalized spacial score (nSPS) is 28.1. The van der Waals surface area contributed by atoms with Crippen molar-refractivity contribution in [1.82, 2.24) is 4.90 Å². The minimum atomic E-state index is -4.26. The number of halogens is 3. The molecule has 1 saturated carbocycles. The number of ether oxygens (including phenoxy) is 2. The summed E-state index contributed by atoms with van der Waals surface area (Å²) in [6.07, 6.45) is -1.26. The third-order valence-corrected chi connectivity index (χ3v) is 10.1. The Morgan fingerprint density at radius 3 is 2.54 bits per heavy atom. The van der Waals surface area contributed by atoms with Gasteiger partial charge in [-0.05, 0) is 62.1 Å². The van der Waals surface area contributed by atoms with E-state index >= 15 is 4.39 Å². The van der Waals surface area contributed by atoms with Crippen LogP contribution < -0.4 is 4.74 Å². The lowest BCUT2D eigenvalue weighted by atomic mass is 9.72. The first-order valence-electron chi connectivity index (χ1n) is 11.4. The third kappa shape index (κ3) is 3.95. The number of benzene rings is 2. The quantitative estimate of drug-likeness (QED) is 0.647. The van der Waals surface area contributed by atoms with Crippen molar-refractivity contribution < 1.29 is 36.6 Å². The van der Waals surface area contributed by atoms with Crippen molar-refractivity contribution in [1.29, 1.82) is 0 Å². The molecule has 0 radical (unpaired) electrons. The predicted molar refractivity (Wildman–Crippen MR) is 122 cm³/mol. The molecule has 2 aliphatic heterocycles. The van der Waals surface area contributed by atoms with E-state index in [1.807, 2.05) is 0 Å². The number of hydrogen-bond donors (Lipinski definition) is 1. The molecule has 1 saturated heterocycles. The first-order valence-corrected chi connectivity index (χ1v) is 13.2. The van der Waals surface area contributed by atoms with Gasteiger partial charge in [0.1, 0.15) is 16.7 Å². The molecule has 0 aromatic heterocycles. The molecule has 11 heteroatoms. The van der Waals surface area contributed by atoms with Crippen LogP contribution in [0.3, 0.4) is 0 Å². The summed E-state index contributed by atoms with van der Waals surface area (Å²) >= 11 is 5.95. The number of sulfone groups is 1. The standard InChI is InChI=1S/C24H24ClF2NO6S/c25-15-1-3-18(4-2-15)35(31,32)24-9-7-17(34-23(30)28-10-8-16(29)12-28)11-14(24)13-33-22-20(27)6-5-19(26)21(22)24/h1-6,14,16-17,29H,7-13H2/t14-,16-,17-,24+/m1/s1. The van der Waals surface area contributed by atoms with Crippen LogP contribution in [0.25, 0.3) is 0 Å². The monoisotopic (exact) mass is 527 g/mol. The zero-order valence-electron chi connectivity index (χ0n) is 18.6. The van der Waals surface area contributed by atoms with Crippen molar-refractivity contribution in [3.05, 3.63) is 58.6 Å². The number of β-amino-alcohol motifs (C(OH)–C–C–N with tert-alkyl or cyclic N) is 1. The fourth-order valence-corrected chi connectivity index (χ4v) is 8.02. The number of fused-ring (bicyclic) bond motifs is 3. The largest absolute Gasteiger partial charge is 0.490 e. The molecule has 0 unspecified atom stereocenters. The van der Waals surface area contributed by atoms with Gasteiger partial charge in [-0.25, -0.2) is 22.0 Å². The van der Waals surface area contributed by atoms with Gasteiger partial charge in [0.25, 0.3) is 0 Å². The van der Waals surface area contributed by atoms with Crippen LogP contribution in [0.2, 0.25) is 5.02 Å². The molecular weight excluding hydrogens is 504 g/mol. The number of amides is 1. The third-order valence-electron chi connectivity index (χ3n) is 7.25. The van der Waals surface area contributed by atoms with Crippen molar-refractivity contribution in [2.45, 2.75) is 47.5 Å². The van der Waals surface area contributed by atoms with Gasteiger partial charge in [-0.15, -0.1) is 0 Å². The lowest BCUT2D eigenvalue weighted by Gasteiger charge is -2.48. The average molecular weight is 528 g/mol. The van der Waals surface area contributed by atoms with Crippen molar-refractivity contribution in [3.8, 4) is 5.75 Å². The van der Waals surface area contributed by atoms with Gasteiger partial charge < -0.3 is 19.5 Å². The molecule has 35 heavy (non-hydrogen) atoms. The van der Waals surface area contributed by atoms with E-state index in [1.165, 1.54) is 29.2 Å². The molecule has 2 fully saturated rings. The summed E-state index contributed by atoms with van der Waals surface area (Å²) in [6.45, 7) is 0.355. The van der Waals surface area contributed by atoms with E-state index in [9.17, 15) is 22.7 Å². The lowest BCUT2D eigenvalue weighted by Crippen LogP contribution is -2.53. The molecule has 1 aliphatic carbocycles. The first kappa shape index (κ1) is 24.3. The van der Waals surface area contributed by atoms with E-state index in [0.717, 1.165) is 12.1 Å². The number of carbonyl (C=O) groups excluding carboxylic acids is 1. The van der Waals surface area contributed by atoms with Crippen LogP contribution in [0.4, 0.5) is 13.6 Å². The Labute approximate surface area is 206 Å². The number of aliphatic hydroxyl groups is 1. The minimum absolute atomic E-state index is 0.0649.